The van der Waals surface area contributed by atoms with Crippen LogP contribution < -0.4 is 5.01 Å². The van der Waals surface area contributed by atoms with E-state index in [0.717, 1.165) is 19.3 Å². The first kappa shape index (κ1) is 17.2. The summed E-state index contributed by atoms with van der Waals surface area (Å²) >= 11 is 0. The first-order chi connectivity index (χ1) is 12.7. The maximum absolute atomic E-state index is 13.1. The normalized spacial score (nSPS) is 24.7. The molecule has 2 amide bonds. The molecule has 0 spiro atoms. The molecule has 0 N–H and O–H groups in total. The van der Waals surface area contributed by atoms with Gasteiger partial charge in [-0.05, 0) is 31.4 Å². The Labute approximate surface area is 152 Å². The molecule has 3 aliphatic heterocycles. The van der Waals surface area contributed by atoms with Gasteiger partial charge in [0, 0.05) is 19.4 Å². The van der Waals surface area contributed by atoms with Crippen molar-refractivity contribution in [3.63, 3.8) is 0 Å². The van der Waals surface area contributed by atoms with Gasteiger partial charge in [0.15, 0.2) is 6.29 Å². The first-order valence-electron chi connectivity index (χ1n) is 9.24. The molecule has 0 aromatic heterocycles. The number of benzene rings is 1. The molecule has 1 aromatic rings. The number of likely N-dealkylation sites (tertiary alicyclic amines) is 1. The van der Waals surface area contributed by atoms with Gasteiger partial charge in [0.2, 0.25) is 5.91 Å². The van der Waals surface area contributed by atoms with Gasteiger partial charge in [-0.25, -0.2) is 5.01 Å². The maximum Gasteiger partial charge on any atom is 0.270 e. The fourth-order valence-electron chi connectivity index (χ4n) is 3.74. The SMILES string of the molecule is O=C1CCC(C(=O)N2CCCCC2C2OCCO2)=NN1c1ccccc1. The molecule has 3 aliphatic rings. The number of carbonyl (C=O) groups is 2. The van der Waals surface area contributed by atoms with Gasteiger partial charge in [0.05, 0.1) is 24.9 Å². The minimum atomic E-state index is -0.352. The zero-order valence-electron chi connectivity index (χ0n) is 14.7. The largest absolute Gasteiger partial charge is 0.348 e. The fourth-order valence-corrected chi connectivity index (χ4v) is 3.74. The van der Waals surface area contributed by atoms with Crippen LogP contribution >= 0.6 is 0 Å². The van der Waals surface area contributed by atoms with Gasteiger partial charge in [-0.1, -0.05) is 18.2 Å². The number of hydrazone groups is 1. The van der Waals surface area contributed by atoms with E-state index in [1.807, 2.05) is 35.2 Å². The number of para-hydroxylation sites is 1. The van der Waals surface area contributed by atoms with E-state index in [1.54, 1.807) is 0 Å². The van der Waals surface area contributed by atoms with E-state index in [1.165, 1.54) is 5.01 Å². The third-order valence-corrected chi connectivity index (χ3v) is 5.05. The quantitative estimate of drug-likeness (QED) is 0.829. The highest BCUT2D eigenvalue weighted by atomic mass is 16.7. The van der Waals surface area contributed by atoms with Gasteiger partial charge in [0.1, 0.15) is 5.71 Å². The molecule has 4 rings (SSSR count). The Hall–Kier alpha value is -2.25. The number of ether oxygens (including phenoxy) is 2. The standard InChI is InChI=1S/C19H23N3O4/c23-17-10-9-15(20-22(17)14-6-2-1-3-7-14)18(24)21-11-5-4-8-16(21)19-25-12-13-26-19/h1-3,6-7,16,19H,4-5,8-13H2. The molecule has 26 heavy (non-hydrogen) atoms. The van der Waals surface area contributed by atoms with Crippen LogP contribution in [0.4, 0.5) is 5.69 Å². The predicted octanol–water partition coefficient (Wildman–Crippen LogP) is 1.92. The van der Waals surface area contributed by atoms with E-state index in [-0.39, 0.29) is 30.6 Å². The van der Waals surface area contributed by atoms with E-state index in [2.05, 4.69) is 5.10 Å². The third-order valence-electron chi connectivity index (χ3n) is 5.05. The minimum absolute atomic E-state index is 0.0794. The van der Waals surface area contributed by atoms with Gasteiger partial charge < -0.3 is 14.4 Å². The molecular weight excluding hydrogens is 334 g/mol. The molecular formula is C19H23N3O4. The lowest BCUT2D eigenvalue weighted by Crippen LogP contribution is -2.53. The molecule has 0 bridgehead atoms. The topological polar surface area (TPSA) is 71.4 Å². The van der Waals surface area contributed by atoms with Crippen molar-refractivity contribution >= 4 is 23.2 Å². The molecule has 0 saturated carbocycles. The van der Waals surface area contributed by atoms with E-state index in [9.17, 15) is 9.59 Å². The smallest absolute Gasteiger partial charge is 0.270 e. The number of hydrogen-bond donors (Lipinski definition) is 0. The van der Waals surface area contributed by atoms with Crippen LogP contribution in [0.25, 0.3) is 0 Å². The van der Waals surface area contributed by atoms with Crippen LogP contribution in [-0.4, -0.2) is 54.5 Å². The number of piperidine rings is 1. The zero-order chi connectivity index (χ0) is 17.9. The second-order valence-electron chi connectivity index (χ2n) is 6.76. The summed E-state index contributed by atoms with van der Waals surface area (Å²) in [6, 6.07) is 9.14. The molecule has 1 aromatic carbocycles. The molecule has 7 nitrogen and oxygen atoms in total. The van der Waals surface area contributed by atoms with Crippen LogP contribution in [0.2, 0.25) is 0 Å². The van der Waals surface area contributed by atoms with Crippen LogP contribution in [0.5, 0.6) is 0 Å². The van der Waals surface area contributed by atoms with Crippen molar-refractivity contribution in [1.29, 1.82) is 0 Å². The third kappa shape index (κ3) is 3.37. The Morgan fingerprint density at radius 2 is 1.85 bits per heavy atom. The molecule has 2 saturated heterocycles. The Morgan fingerprint density at radius 1 is 1.08 bits per heavy atom. The molecule has 1 atom stereocenters. The summed E-state index contributed by atoms with van der Waals surface area (Å²) in [6.07, 6.45) is 3.19. The summed E-state index contributed by atoms with van der Waals surface area (Å²) in [6.45, 7) is 1.81. The van der Waals surface area contributed by atoms with Crippen LogP contribution in [0, 0.1) is 0 Å². The number of anilines is 1. The Balaban J connectivity index is 1.56. The molecule has 3 heterocycles. The molecule has 7 heteroatoms. The van der Waals surface area contributed by atoms with E-state index in [4.69, 9.17) is 9.47 Å². The monoisotopic (exact) mass is 357 g/mol. The van der Waals surface area contributed by atoms with E-state index < -0.39 is 0 Å². The van der Waals surface area contributed by atoms with Crippen molar-refractivity contribution in [1.82, 2.24) is 4.90 Å². The van der Waals surface area contributed by atoms with E-state index >= 15 is 0 Å². The Bertz CT molecular complexity index is 700. The van der Waals surface area contributed by atoms with Crippen LogP contribution in [0.15, 0.2) is 35.4 Å². The van der Waals surface area contributed by atoms with Gasteiger partial charge in [-0.2, -0.15) is 5.10 Å². The van der Waals surface area contributed by atoms with Crippen molar-refractivity contribution in [3.05, 3.63) is 30.3 Å². The number of carbonyl (C=O) groups excluding carboxylic acids is 2. The number of hydrogen-bond acceptors (Lipinski definition) is 5. The van der Waals surface area contributed by atoms with Gasteiger partial charge in [-0.15, -0.1) is 0 Å². The van der Waals surface area contributed by atoms with Crippen molar-refractivity contribution in [2.75, 3.05) is 24.8 Å². The van der Waals surface area contributed by atoms with Crippen molar-refractivity contribution in [2.45, 2.75) is 44.4 Å². The zero-order valence-corrected chi connectivity index (χ0v) is 14.7. The van der Waals surface area contributed by atoms with Crippen molar-refractivity contribution in [3.8, 4) is 0 Å². The lowest BCUT2D eigenvalue weighted by Gasteiger charge is -2.38. The predicted molar refractivity (Wildman–Crippen MR) is 95.6 cm³/mol. The highest BCUT2D eigenvalue weighted by Crippen LogP contribution is 2.26. The second kappa shape index (κ2) is 7.55. The summed E-state index contributed by atoms with van der Waals surface area (Å²) in [5.41, 5.74) is 1.11. The highest BCUT2D eigenvalue weighted by molar-refractivity contribution is 6.40. The van der Waals surface area contributed by atoms with Crippen molar-refractivity contribution in [2.24, 2.45) is 5.10 Å². The summed E-state index contributed by atoms with van der Waals surface area (Å²) in [5, 5.41) is 5.74. The average molecular weight is 357 g/mol. The van der Waals surface area contributed by atoms with Gasteiger partial charge in [-0.3, -0.25) is 9.59 Å². The van der Waals surface area contributed by atoms with Crippen LogP contribution in [0.1, 0.15) is 32.1 Å². The number of amides is 2. The van der Waals surface area contributed by atoms with Crippen LogP contribution in [0.3, 0.4) is 0 Å². The Morgan fingerprint density at radius 3 is 2.62 bits per heavy atom. The molecule has 2 fully saturated rings. The lowest BCUT2D eigenvalue weighted by molar-refractivity contribution is -0.144. The average Bonchev–Trinajstić information content (AvgIpc) is 3.23. The first-order valence-corrected chi connectivity index (χ1v) is 9.24. The second-order valence-corrected chi connectivity index (χ2v) is 6.76. The molecule has 138 valence electrons. The lowest BCUT2D eigenvalue weighted by atomic mass is 10.00. The highest BCUT2D eigenvalue weighted by Gasteiger charge is 2.38. The minimum Gasteiger partial charge on any atom is -0.348 e. The summed E-state index contributed by atoms with van der Waals surface area (Å²) in [5.74, 6) is -0.201. The summed E-state index contributed by atoms with van der Waals surface area (Å²) in [4.78, 5) is 27.2. The van der Waals surface area contributed by atoms with E-state index in [0.29, 0.717) is 37.6 Å². The summed E-state index contributed by atoms with van der Waals surface area (Å²) in [7, 11) is 0. The fraction of sp³-hybridized carbons (Fsp3) is 0.526. The molecule has 0 radical (unpaired) electrons. The maximum atomic E-state index is 13.1. The molecule has 1 unspecified atom stereocenters. The Kier molecular flexibility index (Phi) is 4.99. The number of rotatable bonds is 3. The molecule has 0 aliphatic carbocycles. The van der Waals surface area contributed by atoms with Crippen molar-refractivity contribution < 1.29 is 19.1 Å². The van der Waals surface area contributed by atoms with Crippen LogP contribution in [-0.2, 0) is 19.1 Å². The van der Waals surface area contributed by atoms with Gasteiger partial charge in [0.25, 0.3) is 5.91 Å². The van der Waals surface area contributed by atoms with Gasteiger partial charge >= 0.3 is 0 Å². The summed E-state index contributed by atoms with van der Waals surface area (Å²) < 4.78 is 11.3. The number of nitrogens with zero attached hydrogens (tertiary/aromatic N) is 3.